The molecule has 3 aromatic rings. The zero-order valence-electron chi connectivity index (χ0n) is 16.3. The number of benzene rings is 2. The zero-order chi connectivity index (χ0) is 20.1. The second-order valence-corrected chi connectivity index (χ2v) is 6.95. The highest BCUT2D eigenvalue weighted by Crippen LogP contribution is 2.24. The zero-order valence-corrected chi connectivity index (χ0v) is 16.3. The van der Waals surface area contributed by atoms with E-state index in [0.717, 1.165) is 11.3 Å². The van der Waals surface area contributed by atoms with Crippen molar-refractivity contribution in [2.45, 2.75) is 32.9 Å². The second kappa shape index (κ2) is 8.65. The first-order valence-corrected chi connectivity index (χ1v) is 9.25. The van der Waals surface area contributed by atoms with Crippen molar-refractivity contribution in [3.63, 3.8) is 0 Å². The van der Waals surface area contributed by atoms with E-state index in [4.69, 9.17) is 4.74 Å². The molecule has 0 aliphatic rings. The van der Waals surface area contributed by atoms with Crippen LogP contribution in [-0.4, -0.2) is 28.0 Å². The fourth-order valence-corrected chi connectivity index (χ4v) is 3.07. The molecule has 1 aromatic heterocycles. The van der Waals surface area contributed by atoms with Gasteiger partial charge in [-0.25, -0.2) is 4.68 Å². The number of ether oxygens (including phenoxy) is 1. The molecule has 146 valence electrons. The van der Waals surface area contributed by atoms with E-state index >= 15 is 0 Å². The Bertz CT molecular complexity index is 1010. The quantitative estimate of drug-likeness (QED) is 0.681. The molecular weight excluding hydrogens is 356 g/mol. The number of nitrogens with zero attached hydrogens (tertiary/aromatic N) is 3. The third-order valence-corrected chi connectivity index (χ3v) is 4.64. The molecular formula is C21H24N4O3. The Morgan fingerprint density at radius 3 is 2.54 bits per heavy atom. The van der Waals surface area contributed by atoms with Crippen molar-refractivity contribution in [2.75, 3.05) is 7.11 Å². The van der Waals surface area contributed by atoms with Gasteiger partial charge in [0.2, 0.25) is 5.91 Å². The summed E-state index contributed by atoms with van der Waals surface area (Å²) in [6.45, 7) is 4.28. The van der Waals surface area contributed by atoms with E-state index in [1.54, 1.807) is 31.4 Å². The Hall–Kier alpha value is -3.22. The molecule has 28 heavy (non-hydrogen) atoms. The van der Waals surface area contributed by atoms with Crippen LogP contribution in [0.15, 0.2) is 53.3 Å². The van der Waals surface area contributed by atoms with Gasteiger partial charge in [-0.2, -0.15) is 0 Å². The number of nitrogens with one attached hydrogen (secondary N) is 1. The molecule has 0 spiro atoms. The van der Waals surface area contributed by atoms with Gasteiger partial charge in [0.15, 0.2) is 0 Å². The van der Waals surface area contributed by atoms with Crippen LogP contribution in [0.4, 0.5) is 0 Å². The molecule has 1 unspecified atom stereocenters. The Morgan fingerprint density at radius 1 is 1.14 bits per heavy atom. The van der Waals surface area contributed by atoms with Crippen molar-refractivity contribution in [1.82, 2.24) is 20.3 Å². The minimum absolute atomic E-state index is 0.127. The van der Waals surface area contributed by atoms with E-state index < -0.39 is 0 Å². The molecule has 0 fully saturated rings. The van der Waals surface area contributed by atoms with Gasteiger partial charge in [-0.3, -0.25) is 9.59 Å². The van der Waals surface area contributed by atoms with Gasteiger partial charge in [0.25, 0.3) is 5.56 Å². The molecule has 0 saturated carbocycles. The maximum Gasteiger partial charge on any atom is 0.277 e. The standard InChI is InChI=1S/C21H24N4O3/c1-14(2)20(15-8-10-16(28-3)11-9-15)22-19(26)12-13-25-21(27)17-6-4-5-7-18(17)23-24-25/h4-11,14,20H,12-13H2,1-3H3,(H,22,26). The topological polar surface area (TPSA) is 86.1 Å². The SMILES string of the molecule is COc1ccc(C(NC(=O)CCn2nnc3ccccc3c2=O)C(C)C)cc1. The van der Waals surface area contributed by atoms with Crippen molar-refractivity contribution in [1.29, 1.82) is 0 Å². The number of rotatable bonds is 7. The molecule has 0 aliphatic heterocycles. The molecule has 0 saturated heterocycles. The molecule has 2 aromatic carbocycles. The number of fused-ring (bicyclic) bond motifs is 1. The van der Waals surface area contributed by atoms with Crippen LogP contribution >= 0.6 is 0 Å². The van der Waals surface area contributed by atoms with E-state index in [9.17, 15) is 9.59 Å². The molecule has 1 heterocycles. The van der Waals surface area contributed by atoms with Crippen LogP contribution in [0.5, 0.6) is 5.75 Å². The Labute approximate surface area is 163 Å². The van der Waals surface area contributed by atoms with Gasteiger partial charge in [-0.1, -0.05) is 43.3 Å². The number of amides is 1. The summed E-state index contributed by atoms with van der Waals surface area (Å²) in [5, 5.41) is 11.5. The number of carbonyl (C=O) groups excluding carboxylic acids is 1. The largest absolute Gasteiger partial charge is 0.497 e. The van der Waals surface area contributed by atoms with E-state index in [1.807, 2.05) is 24.3 Å². The van der Waals surface area contributed by atoms with Crippen molar-refractivity contribution in [2.24, 2.45) is 5.92 Å². The normalized spacial score (nSPS) is 12.1. The van der Waals surface area contributed by atoms with Crippen molar-refractivity contribution in [3.05, 3.63) is 64.4 Å². The first-order valence-electron chi connectivity index (χ1n) is 9.25. The number of carbonyl (C=O) groups is 1. The van der Waals surface area contributed by atoms with Crippen LogP contribution in [0.2, 0.25) is 0 Å². The highest BCUT2D eigenvalue weighted by atomic mass is 16.5. The fraction of sp³-hybridized carbons (Fsp3) is 0.333. The van der Waals surface area contributed by atoms with Gasteiger partial charge in [0.1, 0.15) is 11.3 Å². The molecule has 1 N–H and O–H groups in total. The summed E-state index contributed by atoms with van der Waals surface area (Å²) in [4.78, 5) is 25.0. The summed E-state index contributed by atoms with van der Waals surface area (Å²) in [6, 6.07) is 14.6. The lowest BCUT2D eigenvalue weighted by atomic mass is 9.96. The number of aromatic nitrogens is 3. The van der Waals surface area contributed by atoms with E-state index in [1.165, 1.54) is 4.68 Å². The third kappa shape index (κ3) is 4.36. The van der Waals surface area contributed by atoms with E-state index in [2.05, 4.69) is 29.5 Å². The molecule has 0 radical (unpaired) electrons. The summed E-state index contributed by atoms with van der Waals surface area (Å²) in [5.41, 5.74) is 1.31. The molecule has 7 heteroatoms. The Morgan fingerprint density at radius 2 is 1.86 bits per heavy atom. The predicted molar refractivity (Wildman–Crippen MR) is 107 cm³/mol. The third-order valence-electron chi connectivity index (χ3n) is 4.64. The highest BCUT2D eigenvalue weighted by molar-refractivity contribution is 5.77. The van der Waals surface area contributed by atoms with E-state index in [0.29, 0.717) is 10.9 Å². The van der Waals surface area contributed by atoms with Crippen LogP contribution < -0.4 is 15.6 Å². The lowest BCUT2D eigenvalue weighted by molar-refractivity contribution is -0.122. The molecule has 1 amide bonds. The van der Waals surface area contributed by atoms with Crippen molar-refractivity contribution < 1.29 is 9.53 Å². The van der Waals surface area contributed by atoms with Gasteiger partial charge >= 0.3 is 0 Å². The van der Waals surface area contributed by atoms with Crippen LogP contribution in [0, 0.1) is 5.92 Å². The molecule has 3 rings (SSSR count). The maximum absolute atomic E-state index is 12.5. The second-order valence-electron chi connectivity index (χ2n) is 6.95. The average Bonchev–Trinajstić information content (AvgIpc) is 2.71. The van der Waals surface area contributed by atoms with Crippen molar-refractivity contribution in [3.8, 4) is 5.75 Å². The first kappa shape index (κ1) is 19.5. The van der Waals surface area contributed by atoms with Crippen LogP contribution in [0.25, 0.3) is 10.9 Å². The van der Waals surface area contributed by atoms with Gasteiger partial charge in [0, 0.05) is 6.42 Å². The summed E-state index contributed by atoms with van der Waals surface area (Å²) >= 11 is 0. The minimum atomic E-state index is -0.242. The van der Waals surface area contributed by atoms with E-state index in [-0.39, 0.29) is 36.4 Å². The lowest BCUT2D eigenvalue weighted by Gasteiger charge is -2.23. The van der Waals surface area contributed by atoms with Gasteiger partial charge in [-0.15, -0.1) is 5.10 Å². The minimum Gasteiger partial charge on any atom is -0.497 e. The molecule has 1 atom stereocenters. The fourth-order valence-electron chi connectivity index (χ4n) is 3.07. The molecule has 0 aliphatic carbocycles. The summed E-state index contributed by atoms with van der Waals surface area (Å²) in [6.07, 6.45) is 0.145. The van der Waals surface area contributed by atoms with Crippen LogP contribution in [0.3, 0.4) is 0 Å². The van der Waals surface area contributed by atoms with Gasteiger partial charge in [0.05, 0.1) is 25.1 Å². The first-order chi connectivity index (χ1) is 13.5. The number of hydrogen-bond acceptors (Lipinski definition) is 5. The number of aryl methyl sites for hydroxylation is 1. The monoisotopic (exact) mass is 380 g/mol. The van der Waals surface area contributed by atoms with Crippen molar-refractivity contribution >= 4 is 16.8 Å². The van der Waals surface area contributed by atoms with Crippen LogP contribution in [0.1, 0.15) is 31.9 Å². The van der Waals surface area contributed by atoms with Crippen LogP contribution in [-0.2, 0) is 11.3 Å². The molecule has 7 nitrogen and oxygen atoms in total. The predicted octanol–water partition coefficient (Wildman–Crippen LogP) is 2.70. The maximum atomic E-state index is 12.5. The average molecular weight is 380 g/mol. The molecule has 0 bridgehead atoms. The number of hydrogen-bond donors (Lipinski definition) is 1. The van der Waals surface area contributed by atoms with Gasteiger partial charge < -0.3 is 10.1 Å². The Balaban J connectivity index is 1.68. The smallest absolute Gasteiger partial charge is 0.277 e. The summed E-state index contributed by atoms with van der Waals surface area (Å²) in [5.74, 6) is 0.837. The lowest BCUT2D eigenvalue weighted by Crippen LogP contribution is -2.33. The summed E-state index contributed by atoms with van der Waals surface area (Å²) in [7, 11) is 1.62. The summed E-state index contributed by atoms with van der Waals surface area (Å²) < 4.78 is 6.42. The highest BCUT2D eigenvalue weighted by Gasteiger charge is 2.18. The number of methoxy groups -OCH3 is 1. The Kier molecular flexibility index (Phi) is 6.03. The van der Waals surface area contributed by atoms with Gasteiger partial charge in [-0.05, 0) is 35.7 Å².